The number of benzene rings is 2. The van der Waals surface area contributed by atoms with E-state index in [0.29, 0.717) is 55.7 Å². The van der Waals surface area contributed by atoms with Gasteiger partial charge in [0, 0.05) is 20.4 Å². The van der Waals surface area contributed by atoms with Crippen LogP contribution in [0.1, 0.15) is 11.1 Å². The van der Waals surface area contributed by atoms with Gasteiger partial charge in [0.1, 0.15) is 0 Å². The van der Waals surface area contributed by atoms with E-state index in [2.05, 4.69) is 30.1 Å². The zero-order valence-electron chi connectivity index (χ0n) is 22.1. The number of anilines is 2. The molecule has 1 atom stereocenters. The van der Waals surface area contributed by atoms with Crippen molar-refractivity contribution in [1.29, 1.82) is 0 Å². The van der Waals surface area contributed by atoms with Crippen LogP contribution in [0.15, 0.2) is 81.4 Å². The second kappa shape index (κ2) is 12.4. The van der Waals surface area contributed by atoms with E-state index in [-0.39, 0.29) is 5.16 Å². The van der Waals surface area contributed by atoms with Crippen LogP contribution < -0.4 is 19.5 Å². The number of fused-ring (bicyclic) bond motifs is 2. The highest BCUT2D eigenvalue weighted by Crippen LogP contribution is 2.33. The first kappa shape index (κ1) is 28.7. The Balaban J connectivity index is 0.000000165. The highest BCUT2D eigenvalue weighted by Gasteiger charge is 2.25. The van der Waals surface area contributed by atoms with E-state index in [1.807, 2.05) is 49.7 Å². The molecule has 2 aromatic carbocycles. The Hall–Kier alpha value is -3.78. The number of hydrogen-bond donors (Lipinski definition) is 0. The van der Waals surface area contributed by atoms with Crippen molar-refractivity contribution in [2.24, 2.45) is 10.2 Å². The Labute approximate surface area is 252 Å². The Kier molecular flexibility index (Phi) is 8.68. The molecule has 0 N–H and O–H groups in total. The molecule has 2 aliphatic rings. The fourth-order valence-corrected chi connectivity index (χ4v) is 4.83. The normalized spacial score (nSPS) is 14.3. The number of nitrogens with zero attached hydrogens (tertiary/aromatic N) is 8. The predicted molar refractivity (Wildman–Crippen MR) is 162 cm³/mol. The van der Waals surface area contributed by atoms with Crippen LogP contribution in [0.25, 0.3) is 0 Å². The van der Waals surface area contributed by atoms with E-state index in [0.717, 1.165) is 5.56 Å². The van der Waals surface area contributed by atoms with Gasteiger partial charge in [0.15, 0.2) is 28.3 Å². The van der Waals surface area contributed by atoms with Gasteiger partial charge in [-0.25, -0.2) is 20.0 Å². The van der Waals surface area contributed by atoms with Crippen LogP contribution in [0.3, 0.4) is 0 Å². The third-order valence-corrected chi connectivity index (χ3v) is 7.52. The molecule has 15 heteroatoms. The molecule has 0 aliphatic carbocycles. The topological polar surface area (TPSA) is 118 Å². The predicted octanol–water partition coefficient (Wildman–Crippen LogP) is 5.10. The summed E-state index contributed by atoms with van der Waals surface area (Å²) in [6.45, 7) is 0. The maximum absolute atomic E-state index is 11.4. The van der Waals surface area contributed by atoms with Crippen LogP contribution in [0, 0.1) is 0 Å². The Bertz CT molecular complexity index is 1710. The third kappa shape index (κ3) is 6.27. The summed E-state index contributed by atoms with van der Waals surface area (Å²) >= 11 is 13.8. The molecule has 210 valence electrons. The van der Waals surface area contributed by atoms with Gasteiger partial charge in [0.2, 0.25) is 17.0 Å². The lowest BCUT2D eigenvalue weighted by Gasteiger charge is -2.23. The summed E-state index contributed by atoms with van der Waals surface area (Å²) in [4.78, 5) is 16.8. The lowest BCUT2D eigenvalue weighted by atomic mass is 10.2. The van der Waals surface area contributed by atoms with E-state index in [1.165, 1.54) is 24.2 Å². The van der Waals surface area contributed by atoms with Gasteiger partial charge in [-0.3, -0.25) is 4.21 Å². The highest BCUT2D eigenvalue weighted by molar-refractivity contribution is 7.98. The molecule has 11 nitrogen and oxygen atoms in total. The van der Waals surface area contributed by atoms with Crippen molar-refractivity contribution in [3.8, 4) is 11.5 Å². The molecule has 0 amide bonds. The number of aromatic nitrogens is 4. The van der Waals surface area contributed by atoms with Crippen molar-refractivity contribution in [3.05, 3.63) is 82.1 Å². The first-order valence-corrected chi connectivity index (χ1v) is 15.4. The Morgan fingerprint density at radius 1 is 0.780 bits per heavy atom. The standard InChI is InChI=1S/C13H11ClN4O2S.C13H11ClN4OS/c1-18-11-10(7-15-13(16-11)21(2)19)20-12(17-18)8-5-3-4-6-9(8)14;1-18-11-10(7-15-13(16-11)20-2)19-12(17-18)8-5-3-4-6-9(8)14/h3-7H,1-2H3;3-7H,1-2H3. The number of hydrogen-bond acceptors (Lipinski definition) is 12. The van der Waals surface area contributed by atoms with Crippen molar-refractivity contribution in [2.75, 3.05) is 36.6 Å². The van der Waals surface area contributed by atoms with Crippen molar-refractivity contribution in [1.82, 2.24) is 19.9 Å². The molecule has 1 unspecified atom stereocenters. The van der Waals surface area contributed by atoms with Crippen LogP contribution in [0.4, 0.5) is 11.6 Å². The second-order valence-corrected chi connectivity index (χ2v) is 11.2. The third-order valence-electron chi connectivity index (χ3n) is 5.58. The summed E-state index contributed by atoms with van der Waals surface area (Å²) in [5.41, 5.74) is 1.42. The maximum atomic E-state index is 11.4. The fraction of sp³-hybridized carbons (Fsp3) is 0.154. The summed E-state index contributed by atoms with van der Waals surface area (Å²) in [6, 6.07) is 14.7. The number of rotatable bonds is 4. The van der Waals surface area contributed by atoms with Crippen molar-refractivity contribution in [2.45, 2.75) is 10.3 Å². The lowest BCUT2D eigenvalue weighted by Crippen LogP contribution is -2.26. The van der Waals surface area contributed by atoms with E-state index in [4.69, 9.17) is 32.7 Å². The summed E-state index contributed by atoms with van der Waals surface area (Å²) in [6.07, 6.45) is 6.57. The molecule has 6 rings (SSSR count). The fourth-order valence-electron chi connectivity index (χ4n) is 3.64. The zero-order valence-corrected chi connectivity index (χ0v) is 25.3. The van der Waals surface area contributed by atoms with Crippen molar-refractivity contribution < 1.29 is 13.7 Å². The summed E-state index contributed by atoms with van der Waals surface area (Å²) in [5.74, 6) is 2.91. The van der Waals surface area contributed by atoms with Gasteiger partial charge in [0.25, 0.3) is 0 Å². The molecular formula is C26H22Cl2N8O3S2. The van der Waals surface area contributed by atoms with Crippen molar-refractivity contribution in [3.63, 3.8) is 0 Å². The summed E-state index contributed by atoms with van der Waals surface area (Å²) < 4.78 is 22.9. The van der Waals surface area contributed by atoms with Crippen LogP contribution >= 0.6 is 35.0 Å². The molecule has 2 aliphatic heterocycles. The van der Waals surface area contributed by atoms with Crippen molar-refractivity contribution >= 4 is 69.2 Å². The second-order valence-electron chi connectivity index (χ2n) is 8.36. The van der Waals surface area contributed by atoms with Gasteiger partial charge < -0.3 is 9.47 Å². The molecule has 2 aromatic heterocycles. The average molecular weight is 630 g/mol. The Morgan fingerprint density at radius 3 is 1.76 bits per heavy atom. The number of halogens is 2. The van der Waals surface area contributed by atoms with E-state index < -0.39 is 10.8 Å². The maximum Gasteiger partial charge on any atom is 0.245 e. The molecule has 0 saturated carbocycles. The van der Waals surface area contributed by atoms with Gasteiger partial charge in [0.05, 0.1) is 44.4 Å². The number of thioether (sulfide) groups is 1. The summed E-state index contributed by atoms with van der Waals surface area (Å²) in [7, 11) is 2.28. The number of ether oxygens (including phenoxy) is 2. The Morgan fingerprint density at radius 2 is 1.27 bits per heavy atom. The van der Waals surface area contributed by atoms with Gasteiger partial charge in [-0.05, 0) is 30.5 Å². The van der Waals surface area contributed by atoms with E-state index in [9.17, 15) is 4.21 Å². The average Bonchev–Trinajstić information content (AvgIpc) is 2.97. The SMILES string of the molecule is CN1N=C(c2ccccc2Cl)Oc2cnc(S(C)=O)nc21.CSc1ncc2c(n1)N(C)N=C(c1ccccc1Cl)O2. The molecule has 4 heterocycles. The van der Waals surface area contributed by atoms with E-state index in [1.54, 1.807) is 35.4 Å². The van der Waals surface area contributed by atoms with Crippen LogP contribution in [0.5, 0.6) is 11.5 Å². The zero-order chi connectivity index (χ0) is 29.1. The van der Waals surface area contributed by atoms with Gasteiger partial charge >= 0.3 is 0 Å². The highest BCUT2D eigenvalue weighted by atomic mass is 35.5. The van der Waals surface area contributed by atoms with E-state index >= 15 is 0 Å². The quantitative estimate of drug-likeness (QED) is 0.223. The molecule has 0 fully saturated rings. The molecule has 4 aromatic rings. The van der Waals surface area contributed by atoms with Gasteiger partial charge in [-0.2, -0.15) is 9.97 Å². The largest absolute Gasteiger partial charge is 0.431 e. The first-order valence-electron chi connectivity index (χ1n) is 11.9. The lowest BCUT2D eigenvalue weighted by molar-refractivity contribution is 0.520. The molecule has 0 bridgehead atoms. The summed E-state index contributed by atoms with van der Waals surface area (Å²) in [5, 5.41) is 13.9. The minimum Gasteiger partial charge on any atom is -0.431 e. The minimum absolute atomic E-state index is 0.237. The van der Waals surface area contributed by atoms with Crippen LogP contribution in [0.2, 0.25) is 10.0 Å². The van der Waals surface area contributed by atoms with Gasteiger partial charge in [-0.1, -0.05) is 59.2 Å². The molecule has 0 saturated heterocycles. The molecule has 41 heavy (non-hydrogen) atoms. The van der Waals surface area contributed by atoms with Crippen LogP contribution in [-0.2, 0) is 10.8 Å². The monoisotopic (exact) mass is 628 g/mol. The van der Waals surface area contributed by atoms with Gasteiger partial charge in [-0.15, -0.1) is 10.2 Å². The molecular weight excluding hydrogens is 607 g/mol. The van der Waals surface area contributed by atoms with Crippen LogP contribution in [-0.4, -0.2) is 62.5 Å². The minimum atomic E-state index is -1.26. The molecule has 0 radical (unpaired) electrons. The molecule has 0 spiro atoms. The smallest absolute Gasteiger partial charge is 0.245 e. The number of hydrazone groups is 2. The first-order chi connectivity index (χ1) is 19.7.